The quantitative estimate of drug-likeness (QED) is 0.690. The molecule has 24 heavy (non-hydrogen) atoms. The summed E-state index contributed by atoms with van der Waals surface area (Å²) in [6.45, 7) is 6.91. The Balaban J connectivity index is 1.97. The van der Waals surface area contributed by atoms with Gasteiger partial charge < -0.3 is 4.57 Å². The summed E-state index contributed by atoms with van der Waals surface area (Å²) in [5, 5.41) is 0.813. The molecule has 2 aromatic carbocycles. The molecule has 3 aromatic rings. The number of benzene rings is 2. The third-order valence-electron chi connectivity index (χ3n) is 3.87. The van der Waals surface area contributed by atoms with Gasteiger partial charge in [-0.3, -0.25) is 4.79 Å². The highest BCUT2D eigenvalue weighted by Crippen LogP contribution is 2.22. The average molecular weight is 338 g/mol. The molecule has 0 fully saturated rings. The van der Waals surface area contributed by atoms with Crippen molar-refractivity contribution >= 4 is 26.4 Å². The third-order valence-corrected chi connectivity index (χ3v) is 5.57. The minimum Gasteiger partial charge on any atom is -0.311 e. The molecule has 6 heteroatoms. The number of hydrogen-bond acceptors (Lipinski definition) is 3. The van der Waals surface area contributed by atoms with Crippen molar-refractivity contribution in [1.82, 2.24) is 4.57 Å². The van der Waals surface area contributed by atoms with Gasteiger partial charge in [0.2, 0.25) is 0 Å². The summed E-state index contributed by atoms with van der Waals surface area (Å²) in [5.41, 5.74) is 1.70. The zero-order chi connectivity index (χ0) is 17.3. The van der Waals surface area contributed by atoms with Crippen molar-refractivity contribution in [2.75, 3.05) is 0 Å². The lowest BCUT2D eigenvalue weighted by Gasteiger charge is -2.08. The van der Waals surface area contributed by atoms with Gasteiger partial charge in [-0.1, -0.05) is 30.3 Å². The van der Waals surface area contributed by atoms with E-state index in [0.717, 1.165) is 10.9 Å². The van der Waals surface area contributed by atoms with Gasteiger partial charge in [0.1, 0.15) is 0 Å². The van der Waals surface area contributed by atoms with Crippen LogP contribution < -0.4 is 5.56 Å². The highest BCUT2D eigenvalue weighted by Gasteiger charge is 2.15. The molecule has 0 atom stereocenters. The summed E-state index contributed by atoms with van der Waals surface area (Å²) in [7, 11) is -1.82. The molecule has 0 saturated heterocycles. The number of sulfone groups is 1. The Morgan fingerprint density at radius 3 is 2.42 bits per heavy atom. The molecular weight excluding hydrogens is 324 g/mol. The zero-order valence-electron chi connectivity index (χ0n) is 12.9. The van der Waals surface area contributed by atoms with Gasteiger partial charge in [0.05, 0.1) is 22.7 Å². The van der Waals surface area contributed by atoms with Gasteiger partial charge >= 0.3 is 0 Å². The monoisotopic (exact) mass is 338 g/mol. The fourth-order valence-electron chi connectivity index (χ4n) is 2.56. The second-order valence-electron chi connectivity index (χ2n) is 5.49. The maximum Gasteiger partial charge on any atom is 0.250 e. The predicted molar refractivity (Wildman–Crippen MR) is 92.8 cm³/mol. The SMILES string of the molecule is [C-]#[N+]c1ccc(S(=O)(=O)Cc2ccc3c(ccc(=O)n3C)c2)cc1. The Hall–Kier alpha value is -2.91. The molecule has 0 saturated carbocycles. The Labute approximate surface area is 139 Å². The van der Waals surface area contributed by atoms with Crippen molar-refractivity contribution in [3.63, 3.8) is 0 Å². The normalized spacial score (nSPS) is 11.3. The van der Waals surface area contributed by atoms with E-state index in [2.05, 4.69) is 4.85 Å². The minimum absolute atomic E-state index is 0.109. The number of fused-ring (bicyclic) bond motifs is 1. The fraction of sp³-hybridized carbons (Fsp3) is 0.111. The highest BCUT2D eigenvalue weighted by atomic mass is 32.2. The fourth-order valence-corrected chi connectivity index (χ4v) is 3.89. The van der Waals surface area contributed by atoms with E-state index in [9.17, 15) is 13.2 Å². The maximum absolute atomic E-state index is 12.5. The van der Waals surface area contributed by atoms with E-state index in [-0.39, 0.29) is 16.2 Å². The lowest BCUT2D eigenvalue weighted by molar-refractivity contribution is 0.595. The van der Waals surface area contributed by atoms with Crippen molar-refractivity contribution in [2.24, 2.45) is 7.05 Å². The van der Waals surface area contributed by atoms with Gasteiger partial charge in [0, 0.05) is 13.1 Å². The minimum atomic E-state index is -3.50. The number of hydrogen-bond donors (Lipinski definition) is 0. The molecule has 0 bridgehead atoms. The Morgan fingerprint density at radius 1 is 1.04 bits per heavy atom. The lowest BCUT2D eigenvalue weighted by atomic mass is 10.1. The molecule has 5 nitrogen and oxygen atoms in total. The van der Waals surface area contributed by atoms with E-state index in [4.69, 9.17) is 6.57 Å². The van der Waals surface area contributed by atoms with E-state index in [1.54, 1.807) is 31.3 Å². The van der Waals surface area contributed by atoms with Gasteiger partial charge in [-0.2, -0.15) is 0 Å². The van der Waals surface area contributed by atoms with Crippen LogP contribution in [0.1, 0.15) is 5.56 Å². The number of aromatic nitrogens is 1. The van der Waals surface area contributed by atoms with E-state index < -0.39 is 9.84 Å². The van der Waals surface area contributed by atoms with Crippen LogP contribution in [-0.2, 0) is 22.6 Å². The molecule has 0 aliphatic heterocycles. The summed E-state index contributed by atoms with van der Waals surface area (Å²) in [6, 6.07) is 14.3. The van der Waals surface area contributed by atoms with Crippen molar-refractivity contribution in [2.45, 2.75) is 10.6 Å². The van der Waals surface area contributed by atoms with Crippen molar-refractivity contribution in [3.8, 4) is 0 Å². The Morgan fingerprint density at radius 2 is 1.75 bits per heavy atom. The van der Waals surface area contributed by atoms with Crippen molar-refractivity contribution < 1.29 is 8.42 Å². The molecule has 3 rings (SSSR count). The molecule has 0 unspecified atom stereocenters. The topological polar surface area (TPSA) is 60.5 Å². The van der Waals surface area contributed by atoms with Crippen LogP contribution in [0.2, 0.25) is 0 Å². The van der Waals surface area contributed by atoms with Crippen LogP contribution in [0.3, 0.4) is 0 Å². The molecule has 0 aliphatic rings. The Kier molecular flexibility index (Phi) is 3.96. The summed E-state index contributed by atoms with van der Waals surface area (Å²) in [4.78, 5) is 15.1. The Bertz CT molecular complexity index is 1120. The van der Waals surface area contributed by atoms with Gasteiger partial charge in [-0.25, -0.2) is 13.3 Å². The zero-order valence-corrected chi connectivity index (χ0v) is 13.7. The van der Waals surface area contributed by atoms with Gasteiger partial charge in [-0.15, -0.1) is 0 Å². The second-order valence-corrected chi connectivity index (χ2v) is 7.48. The number of nitrogens with zero attached hydrogens (tertiary/aromatic N) is 2. The van der Waals surface area contributed by atoms with Crippen LogP contribution >= 0.6 is 0 Å². The molecule has 1 heterocycles. The summed E-state index contributed by atoms with van der Waals surface area (Å²) in [6.07, 6.45) is 0. The molecule has 1 aromatic heterocycles. The first-order valence-electron chi connectivity index (χ1n) is 7.20. The largest absolute Gasteiger partial charge is 0.311 e. The molecule has 0 spiro atoms. The first-order chi connectivity index (χ1) is 11.4. The predicted octanol–water partition coefficient (Wildman–Crippen LogP) is 3.06. The molecule has 0 amide bonds. The van der Waals surface area contributed by atoms with Gasteiger partial charge in [0.15, 0.2) is 15.5 Å². The first kappa shape index (κ1) is 16.0. The maximum atomic E-state index is 12.5. The number of aryl methyl sites for hydroxylation is 1. The van der Waals surface area contributed by atoms with E-state index in [0.29, 0.717) is 11.3 Å². The number of rotatable bonds is 3. The van der Waals surface area contributed by atoms with Crippen LogP contribution in [0.5, 0.6) is 0 Å². The molecular formula is C18H14N2O3S. The number of pyridine rings is 1. The van der Waals surface area contributed by atoms with Crippen molar-refractivity contribution in [3.05, 3.63) is 81.9 Å². The molecule has 0 aliphatic carbocycles. The summed E-state index contributed by atoms with van der Waals surface area (Å²) < 4.78 is 26.6. The highest BCUT2D eigenvalue weighted by molar-refractivity contribution is 7.90. The molecule has 120 valence electrons. The van der Waals surface area contributed by atoms with E-state index in [1.807, 2.05) is 0 Å². The lowest BCUT2D eigenvalue weighted by Crippen LogP contribution is -2.15. The third kappa shape index (κ3) is 2.94. The van der Waals surface area contributed by atoms with Crippen molar-refractivity contribution in [1.29, 1.82) is 0 Å². The average Bonchev–Trinajstić information content (AvgIpc) is 2.58. The summed E-state index contributed by atoms with van der Waals surface area (Å²) >= 11 is 0. The van der Waals surface area contributed by atoms with Crippen LogP contribution in [-0.4, -0.2) is 13.0 Å². The standard InChI is InChI=1S/C18H14N2O3S/c1-19-15-5-7-16(8-6-15)24(22,23)12-13-3-9-17-14(11-13)4-10-18(21)20(17)2/h3-11H,12H2,2H3. The summed E-state index contributed by atoms with van der Waals surface area (Å²) in [5.74, 6) is -0.136. The van der Waals surface area contributed by atoms with E-state index >= 15 is 0 Å². The van der Waals surface area contributed by atoms with Crippen LogP contribution in [0.25, 0.3) is 15.7 Å². The molecule has 0 radical (unpaired) electrons. The van der Waals surface area contributed by atoms with E-state index in [1.165, 1.54) is 34.9 Å². The van der Waals surface area contributed by atoms with Crippen LogP contribution in [0, 0.1) is 6.57 Å². The molecule has 0 N–H and O–H groups in total. The first-order valence-corrected chi connectivity index (χ1v) is 8.85. The second kappa shape index (κ2) is 5.95. The smallest absolute Gasteiger partial charge is 0.250 e. The van der Waals surface area contributed by atoms with Crippen LogP contribution in [0.4, 0.5) is 5.69 Å². The van der Waals surface area contributed by atoms with Gasteiger partial charge in [0.25, 0.3) is 5.56 Å². The van der Waals surface area contributed by atoms with Gasteiger partial charge in [-0.05, 0) is 29.1 Å². The van der Waals surface area contributed by atoms with Crippen LogP contribution in [0.15, 0.2) is 64.3 Å².